The quantitative estimate of drug-likeness (QED) is 0.933. The van der Waals surface area contributed by atoms with Crippen molar-refractivity contribution in [1.82, 2.24) is 9.88 Å². The molecule has 1 aliphatic rings. The van der Waals surface area contributed by atoms with Gasteiger partial charge in [0, 0.05) is 25.2 Å². The van der Waals surface area contributed by atoms with Crippen LogP contribution in [0.15, 0.2) is 36.5 Å². The van der Waals surface area contributed by atoms with Gasteiger partial charge in [-0.05, 0) is 31.2 Å². The van der Waals surface area contributed by atoms with E-state index < -0.39 is 0 Å². The Morgan fingerprint density at radius 3 is 3.13 bits per heavy atom. The van der Waals surface area contributed by atoms with Gasteiger partial charge in [0.1, 0.15) is 0 Å². The minimum absolute atomic E-state index is 0.0434. The third-order valence-corrected chi connectivity index (χ3v) is 4.16. The smallest absolute Gasteiger partial charge is 0.241 e. The highest BCUT2D eigenvalue weighted by molar-refractivity contribution is 6.02. The van der Waals surface area contributed by atoms with Crippen LogP contribution in [0.25, 0.3) is 10.9 Å². The van der Waals surface area contributed by atoms with Crippen LogP contribution in [0.2, 0.25) is 0 Å². The molecule has 2 atom stereocenters. The summed E-state index contributed by atoms with van der Waals surface area (Å²) in [5, 5.41) is 3.95. The Labute approximate surface area is 135 Å². The number of morpholine rings is 1. The van der Waals surface area contributed by atoms with Crippen LogP contribution < -0.4 is 5.32 Å². The molecule has 6 nitrogen and oxygen atoms in total. The molecule has 1 fully saturated rings. The predicted octanol–water partition coefficient (Wildman–Crippen LogP) is 1.87. The number of carbonyl (C=O) groups is 1. The van der Waals surface area contributed by atoms with E-state index in [1.165, 1.54) is 0 Å². The number of aromatic nitrogens is 1. The summed E-state index contributed by atoms with van der Waals surface area (Å²) in [5.74, 6) is -0.0434. The van der Waals surface area contributed by atoms with Gasteiger partial charge in [0.15, 0.2) is 6.29 Å². The van der Waals surface area contributed by atoms with Gasteiger partial charge in [0.2, 0.25) is 5.91 Å². The molecular weight excluding hydrogens is 294 g/mol. The summed E-state index contributed by atoms with van der Waals surface area (Å²) in [6.07, 6.45) is 1.47. The van der Waals surface area contributed by atoms with Crippen molar-refractivity contribution in [3.05, 3.63) is 36.5 Å². The normalized spacial score (nSPS) is 20.3. The summed E-state index contributed by atoms with van der Waals surface area (Å²) < 4.78 is 10.7. The number of rotatable bonds is 4. The Balaban J connectivity index is 1.73. The first kappa shape index (κ1) is 15.9. The number of nitrogens with one attached hydrogen (secondary N) is 1. The van der Waals surface area contributed by atoms with Crippen molar-refractivity contribution in [2.45, 2.75) is 19.3 Å². The second-order valence-electron chi connectivity index (χ2n) is 5.57. The van der Waals surface area contributed by atoms with E-state index in [2.05, 4.69) is 15.2 Å². The maximum atomic E-state index is 12.6. The number of ether oxygens (including phenoxy) is 2. The first-order valence-corrected chi connectivity index (χ1v) is 7.72. The van der Waals surface area contributed by atoms with Gasteiger partial charge in [0.25, 0.3) is 0 Å². The fraction of sp³-hybridized carbons (Fsp3) is 0.412. The highest BCUT2D eigenvalue weighted by Crippen LogP contribution is 2.22. The van der Waals surface area contributed by atoms with Crippen LogP contribution in [0.1, 0.15) is 6.92 Å². The lowest BCUT2D eigenvalue weighted by Crippen LogP contribution is -2.51. The van der Waals surface area contributed by atoms with Crippen molar-refractivity contribution >= 4 is 22.5 Å². The average molecular weight is 315 g/mol. The summed E-state index contributed by atoms with van der Waals surface area (Å²) in [4.78, 5) is 19.0. The van der Waals surface area contributed by atoms with E-state index in [0.29, 0.717) is 19.7 Å². The molecule has 1 N–H and O–H groups in total. The third kappa shape index (κ3) is 3.50. The van der Waals surface area contributed by atoms with Crippen molar-refractivity contribution in [2.24, 2.45) is 0 Å². The van der Waals surface area contributed by atoms with E-state index in [4.69, 9.17) is 9.47 Å². The molecule has 1 aliphatic heterocycles. The van der Waals surface area contributed by atoms with Crippen LogP contribution in [0, 0.1) is 0 Å². The van der Waals surface area contributed by atoms with Gasteiger partial charge in [-0.1, -0.05) is 6.07 Å². The fourth-order valence-corrected chi connectivity index (χ4v) is 2.75. The minimum atomic E-state index is -0.277. The van der Waals surface area contributed by atoms with Crippen molar-refractivity contribution in [3.63, 3.8) is 0 Å². The van der Waals surface area contributed by atoms with Crippen LogP contribution in [0.5, 0.6) is 0 Å². The molecule has 6 heteroatoms. The largest absolute Gasteiger partial charge is 0.355 e. The molecule has 3 rings (SSSR count). The van der Waals surface area contributed by atoms with Gasteiger partial charge >= 0.3 is 0 Å². The van der Waals surface area contributed by atoms with E-state index in [0.717, 1.165) is 16.6 Å². The number of amides is 1. The molecule has 0 radical (unpaired) electrons. The standard InChI is InChI=1S/C17H21N3O3/c1-12(20-9-10-23-16(11-20)22-2)17(21)19-15-7-3-6-14-13(15)5-4-8-18-14/h3-8,12,16H,9-11H2,1-2H3,(H,19,21). The molecular formula is C17H21N3O3. The highest BCUT2D eigenvalue weighted by atomic mass is 16.7. The monoisotopic (exact) mass is 315 g/mol. The molecule has 1 amide bonds. The van der Waals surface area contributed by atoms with Crippen LogP contribution in [-0.4, -0.2) is 54.9 Å². The molecule has 1 aromatic carbocycles. The topological polar surface area (TPSA) is 63.7 Å². The fourth-order valence-electron chi connectivity index (χ4n) is 2.75. The van der Waals surface area contributed by atoms with Crippen molar-refractivity contribution in [1.29, 1.82) is 0 Å². The molecule has 23 heavy (non-hydrogen) atoms. The Morgan fingerprint density at radius 2 is 2.30 bits per heavy atom. The minimum Gasteiger partial charge on any atom is -0.355 e. The van der Waals surface area contributed by atoms with E-state index in [1.54, 1.807) is 13.3 Å². The lowest BCUT2D eigenvalue weighted by molar-refractivity contribution is -0.171. The summed E-state index contributed by atoms with van der Waals surface area (Å²) in [5.41, 5.74) is 1.65. The molecule has 2 unspecified atom stereocenters. The zero-order valence-electron chi connectivity index (χ0n) is 13.4. The van der Waals surface area contributed by atoms with Gasteiger partial charge < -0.3 is 14.8 Å². The molecule has 1 aromatic heterocycles. The maximum Gasteiger partial charge on any atom is 0.241 e. The second kappa shape index (κ2) is 7.04. The van der Waals surface area contributed by atoms with Gasteiger partial charge in [-0.15, -0.1) is 0 Å². The first-order valence-electron chi connectivity index (χ1n) is 7.72. The van der Waals surface area contributed by atoms with Gasteiger partial charge in [-0.25, -0.2) is 0 Å². The van der Waals surface area contributed by atoms with Crippen LogP contribution >= 0.6 is 0 Å². The number of hydrogen-bond acceptors (Lipinski definition) is 5. The molecule has 2 aromatic rings. The predicted molar refractivity (Wildman–Crippen MR) is 88.2 cm³/mol. The van der Waals surface area contributed by atoms with E-state index >= 15 is 0 Å². The lowest BCUT2D eigenvalue weighted by atomic mass is 10.1. The Bertz CT molecular complexity index is 686. The van der Waals surface area contributed by atoms with Crippen LogP contribution in [0.3, 0.4) is 0 Å². The average Bonchev–Trinajstić information content (AvgIpc) is 2.61. The summed E-state index contributed by atoms with van der Waals surface area (Å²) in [6.45, 7) is 3.76. The highest BCUT2D eigenvalue weighted by Gasteiger charge is 2.28. The van der Waals surface area contributed by atoms with E-state index in [1.807, 2.05) is 37.3 Å². The molecule has 0 aliphatic carbocycles. The van der Waals surface area contributed by atoms with Crippen molar-refractivity contribution in [3.8, 4) is 0 Å². The lowest BCUT2D eigenvalue weighted by Gasteiger charge is -2.35. The maximum absolute atomic E-state index is 12.6. The van der Waals surface area contributed by atoms with E-state index in [-0.39, 0.29) is 18.2 Å². The van der Waals surface area contributed by atoms with Crippen LogP contribution in [0.4, 0.5) is 5.69 Å². The zero-order valence-corrected chi connectivity index (χ0v) is 13.4. The van der Waals surface area contributed by atoms with Gasteiger partial charge in [-0.3, -0.25) is 14.7 Å². The number of benzene rings is 1. The number of carbonyl (C=O) groups excluding carboxylic acids is 1. The van der Waals surface area contributed by atoms with Crippen molar-refractivity contribution < 1.29 is 14.3 Å². The Hall–Kier alpha value is -2.02. The Kier molecular flexibility index (Phi) is 4.85. The number of fused-ring (bicyclic) bond motifs is 1. The summed E-state index contributed by atoms with van der Waals surface area (Å²) >= 11 is 0. The second-order valence-corrected chi connectivity index (χ2v) is 5.57. The third-order valence-electron chi connectivity index (χ3n) is 4.16. The van der Waals surface area contributed by atoms with E-state index in [9.17, 15) is 4.79 Å². The van der Waals surface area contributed by atoms with Gasteiger partial charge in [-0.2, -0.15) is 0 Å². The molecule has 0 saturated carbocycles. The summed E-state index contributed by atoms with van der Waals surface area (Å²) in [7, 11) is 1.61. The SMILES string of the molecule is COC1CN(C(C)C(=O)Nc2cccc3ncccc23)CCO1. The molecule has 0 spiro atoms. The number of hydrogen-bond donors (Lipinski definition) is 1. The number of pyridine rings is 1. The number of nitrogens with zero attached hydrogens (tertiary/aromatic N) is 2. The number of methoxy groups -OCH3 is 1. The first-order chi connectivity index (χ1) is 11.2. The van der Waals surface area contributed by atoms with Crippen molar-refractivity contribution in [2.75, 3.05) is 32.1 Å². The summed E-state index contributed by atoms with van der Waals surface area (Å²) in [6, 6.07) is 9.28. The van der Waals surface area contributed by atoms with Gasteiger partial charge in [0.05, 0.1) is 30.4 Å². The van der Waals surface area contributed by atoms with Crippen LogP contribution in [-0.2, 0) is 14.3 Å². The molecule has 1 saturated heterocycles. The molecule has 2 heterocycles. The molecule has 122 valence electrons. The zero-order chi connectivity index (χ0) is 16.2. The molecule has 0 bridgehead atoms. The Morgan fingerprint density at radius 1 is 1.43 bits per heavy atom. The number of anilines is 1.